The van der Waals surface area contributed by atoms with Crippen molar-refractivity contribution in [2.24, 2.45) is 0 Å². The van der Waals surface area contributed by atoms with Crippen LogP contribution in [0.5, 0.6) is 5.75 Å². The lowest BCUT2D eigenvalue weighted by molar-refractivity contribution is -0.129. The van der Waals surface area contributed by atoms with Gasteiger partial charge in [0.15, 0.2) is 5.52 Å². The number of ether oxygens (including phenoxy) is 1. The standard InChI is InChI=1S/C20H16N4O4S2/c1-11(18(25)21-14-7-4-8-15-17(14)23-28-22-15)24-19(26)16(30-20(24)29)10-12-5-3-6-13(9-12)27-2/h3-11H,1-2H3,(H,21,25). The SMILES string of the molecule is COc1cccc(C=C2SC(=S)N(C(C)C(=O)Nc3cccc4nonc34)C2=O)c1. The highest BCUT2D eigenvalue weighted by molar-refractivity contribution is 8.26. The molecule has 2 aromatic carbocycles. The summed E-state index contributed by atoms with van der Waals surface area (Å²) in [5.74, 6) is -0.0373. The number of nitrogens with zero attached hydrogens (tertiary/aromatic N) is 3. The highest BCUT2D eigenvalue weighted by atomic mass is 32.2. The molecule has 3 aromatic rings. The number of aromatic nitrogens is 2. The first-order chi connectivity index (χ1) is 14.5. The topological polar surface area (TPSA) is 97.6 Å². The first kappa shape index (κ1) is 20.0. The van der Waals surface area contributed by atoms with Gasteiger partial charge in [-0.3, -0.25) is 14.5 Å². The van der Waals surface area contributed by atoms with Gasteiger partial charge in [0.2, 0.25) is 5.91 Å². The van der Waals surface area contributed by atoms with Crippen molar-refractivity contribution in [2.45, 2.75) is 13.0 Å². The number of thiocarbonyl (C=S) groups is 1. The molecule has 1 aliphatic heterocycles. The van der Waals surface area contributed by atoms with Crippen LogP contribution in [0.2, 0.25) is 0 Å². The first-order valence-corrected chi connectivity index (χ1v) is 10.1. The van der Waals surface area contributed by atoms with Crippen LogP contribution in [0.4, 0.5) is 5.69 Å². The Morgan fingerprint density at radius 3 is 2.90 bits per heavy atom. The van der Waals surface area contributed by atoms with E-state index in [1.165, 1.54) is 4.90 Å². The van der Waals surface area contributed by atoms with Crippen LogP contribution in [0.3, 0.4) is 0 Å². The minimum atomic E-state index is -0.816. The molecule has 0 spiro atoms. The number of rotatable bonds is 5. The zero-order chi connectivity index (χ0) is 21.3. The van der Waals surface area contributed by atoms with E-state index in [1.807, 2.05) is 24.3 Å². The van der Waals surface area contributed by atoms with Gasteiger partial charge in [0.25, 0.3) is 5.91 Å². The van der Waals surface area contributed by atoms with Gasteiger partial charge in [-0.25, -0.2) is 4.63 Å². The van der Waals surface area contributed by atoms with Gasteiger partial charge < -0.3 is 10.1 Å². The molecule has 0 radical (unpaired) electrons. The van der Waals surface area contributed by atoms with Crippen molar-refractivity contribution in [1.29, 1.82) is 0 Å². The van der Waals surface area contributed by atoms with Gasteiger partial charge >= 0.3 is 0 Å². The monoisotopic (exact) mass is 440 g/mol. The molecule has 30 heavy (non-hydrogen) atoms. The molecule has 8 nitrogen and oxygen atoms in total. The molecule has 4 rings (SSSR count). The van der Waals surface area contributed by atoms with Crippen molar-refractivity contribution in [3.63, 3.8) is 0 Å². The molecule has 1 unspecified atom stereocenters. The van der Waals surface area contributed by atoms with Crippen LogP contribution in [0.15, 0.2) is 52.0 Å². The Labute approximate surface area is 181 Å². The molecule has 1 N–H and O–H groups in total. The van der Waals surface area contributed by atoms with E-state index < -0.39 is 11.9 Å². The molecule has 1 atom stereocenters. The molecule has 152 valence electrons. The van der Waals surface area contributed by atoms with Gasteiger partial charge in [0.1, 0.15) is 21.6 Å². The quantitative estimate of drug-likeness (QED) is 0.476. The summed E-state index contributed by atoms with van der Waals surface area (Å²) in [4.78, 5) is 27.5. The van der Waals surface area contributed by atoms with Crippen molar-refractivity contribution < 1.29 is 19.0 Å². The average molecular weight is 441 g/mol. The summed E-state index contributed by atoms with van der Waals surface area (Å²) in [6.07, 6.45) is 1.73. The molecule has 2 heterocycles. The number of hydrogen-bond acceptors (Lipinski definition) is 8. The van der Waals surface area contributed by atoms with Crippen LogP contribution in [0.25, 0.3) is 17.1 Å². The molecule has 10 heteroatoms. The Hall–Kier alpha value is -3.24. The minimum absolute atomic E-state index is 0.318. The van der Waals surface area contributed by atoms with E-state index in [4.69, 9.17) is 21.6 Å². The van der Waals surface area contributed by atoms with Crippen LogP contribution in [0, 0.1) is 0 Å². The molecule has 0 bridgehead atoms. The molecule has 0 saturated carbocycles. The predicted octanol–water partition coefficient (Wildman–Crippen LogP) is 3.46. The van der Waals surface area contributed by atoms with Crippen molar-refractivity contribution >= 4 is 62.9 Å². The second kappa shape index (κ2) is 8.25. The van der Waals surface area contributed by atoms with Crippen LogP contribution >= 0.6 is 24.0 Å². The number of nitrogens with one attached hydrogen (secondary N) is 1. The molecular formula is C20H16N4O4S2. The first-order valence-electron chi connectivity index (χ1n) is 8.91. The minimum Gasteiger partial charge on any atom is -0.497 e. The summed E-state index contributed by atoms with van der Waals surface area (Å²) in [6.45, 7) is 1.62. The number of fused-ring (bicyclic) bond motifs is 1. The summed E-state index contributed by atoms with van der Waals surface area (Å²) >= 11 is 6.52. The van der Waals surface area contributed by atoms with E-state index in [0.717, 1.165) is 17.3 Å². The maximum Gasteiger partial charge on any atom is 0.266 e. The number of hydrogen-bond donors (Lipinski definition) is 1. The maximum atomic E-state index is 12.9. The van der Waals surface area contributed by atoms with Crippen molar-refractivity contribution in [2.75, 3.05) is 12.4 Å². The highest BCUT2D eigenvalue weighted by Gasteiger charge is 2.38. The third-order valence-corrected chi connectivity index (χ3v) is 5.86. The van der Waals surface area contributed by atoms with E-state index >= 15 is 0 Å². The normalized spacial score (nSPS) is 16.3. The van der Waals surface area contributed by atoms with Gasteiger partial charge in [-0.05, 0) is 53.1 Å². The fourth-order valence-corrected chi connectivity index (χ4v) is 4.38. The molecule has 1 aromatic heterocycles. The van der Waals surface area contributed by atoms with Crippen LogP contribution in [0.1, 0.15) is 12.5 Å². The second-order valence-electron chi connectivity index (χ2n) is 6.43. The zero-order valence-corrected chi connectivity index (χ0v) is 17.6. The molecule has 1 saturated heterocycles. The number of amides is 2. The number of thioether (sulfide) groups is 1. The Morgan fingerprint density at radius 2 is 2.10 bits per heavy atom. The van der Waals surface area contributed by atoms with Gasteiger partial charge in [-0.1, -0.05) is 42.2 Å². The smallest absolute Gasteiger partial charge is 0.266 e. The fourth-order valence-electron chi connectivity index (χ4n) is 2.96. The van der Waals surface area contributed by atoms with Crippen molar-refractivity contribution in [3.05, 3.63) is 52.9 Å². The van der Waals surface area contributed by atoms with Crippen molar-refractivity contribution in [3.8, 4) is 5.75 Å². The molecule has 1 fully saturated rings. The van der Waals surface area contributed by atoms with Gasteiger partial charge in [-0.15, -0.1) is 0 Å². The molecule has 1 aliphatic rings. The molecule has 0 aliphatic carbocycles. The van der Waals surface area contributed by atoms with Crippen molar-refractivity contribution in [1.82, 2.24) is 15.2 Å². The highest BCUT2D eigenvalue weighted by Crippen LogP contribution is 2.34. The molecule has 2 amide bonds. The summed E-state index contributed by atoms with van der Waals surface area (Å²) in [5.41, 5.74) is 2.20. The van der Waals surface area contributed by atoms with Gasteiger partial charge in [-0.2, -0.15) is 0 Å². The second-order valence-corrected chi connectivity index (χ2v) is 8.11. The third-order valence-electron chi connectivity index (χ3n) is 4.53. The van der Waals surface area contributed by atoms with Crippen LogP contribution in [-0.4, -0.2) is 44.5 Å². The lowest BCUT2D eigenvalue weighted by atomic mass is 10.2. The predicted molar refractivity (Wildman–Crippen MR) is 118 cm³/mol. The largest absolute Gasteiger partial charge is 0.497 e. The molecular weight excluding hydrogens is 424 g/mol. The van der Waals surface area contributed by atoms with E-state index in [9.17, 15) is 9.59 Å². The van der Waals surface area contributed by atoms with Gasteiger partial charge in [0, 0.05) is 0 Å². The fraction of sp³-hybridized carbons (Fsp3) is 0.150. The van der Waals surface area contributed by atoms with Crippen LogP contribution < -0.4 is 10.1 Å². The Morgan fingerprint density at radius 1 is 1.30 bits per heavy atom. The third kappa shape index (κ3) is 3.79. The lowest BCUT2D eigenvalue weighted by Gasteiger charge is -2.22. The maximum absolute atomic E-state index is 12.9. The number of anilines is 1. The van der Waals surface area contributed by atoms with Crippen LogP contribution in [-0.2, 0) is 9.59 Å². The lowest BCUT2D eigenvalue weighted by Crippen LogP contribution is -2.44. The number of benzene rings is 2. The zero-order valence-electron chi connectivity index (χ0n) is 16.0. The van der Waals surface area contributed by atoms with E-state index in [0.29, 0.717) is 31.7 Å². The summed E-state index contributed by atoms with van der Waals surface area (Å²) in [5, 5.41) is 10.3. The number of carbonyl (C=O) groups excluding carboxylic acids is 2. The average Bonchev–Trinajstić information content (AvgIpc) is 3.33. The number of carbonyl (C=O) groups is 2. The summed E-state index contributed by atoms with van der Waals surface area (Å²) in [7, 11) is 1.58. The number of methoxy groups -OCH3 is 1. The summed E-state index contributed by atoms with van der Waals surface area (Å²) in [6, 6.07) is 11.6. The van der Waals surface area contributed by atoms with E-state index in [2.05, 4.69) is 15.6 Å². The Bertz CT molecular complexity index is 1190. The Kier molecular flexibility index (Phi) is 5.51. The van der Waals surface area contributed by atoms with E-state index in [1.54, 1.807) is 38.3 Å². The Balaban J connectivity index is 1.53. The van der Waals surface area contributed by atoms with E-state index in [-0.39, 0.29) is 5.91 Å². The van der Waals surface area contributed by atoms with Gasteiger partial charge in [0.05, 0.1) is 17.7 Å². The summed E-state index contributed by atoms with van der Waals surface area (Å²) < 4.78 is 10.2.